The average Bonchev–Trinajstić information content (AvgIpc) is 2.84. The van der Waals surface area contributed by atoms with Crippen LogP contribution in [-0.2, 0) is 12.7 Å². The van der Waals surface area contributed by atoms with Gasteiger partial charge in [-0.25, -0.2) is 9.37 Å². The van der Waals surface area contributed by atoms with E-state index in [1.807, 2.05) is 0 Å². The number of fused-ring (bicyclic) bond motifs is 1. The Bertz CT molecular complexity index is 1010. The van der Waals surface area contributed by atoms with Crippen LogP contribution in [0.4, 0.5) is 17.6 Å². The van der Waals surface area contributed by atoms with Gasteiger partial charge in [-0.05, 0) is 49.8 Å². The van der Waals surface area contributed by atoms with Gasteiger partial charge in [0, 0.05) is 31.4 Å². The molecule has 0 radical (unpaired) electrons. The lowest BCUT2D eigenvalue weighted by Gasteiger charge is -2.20. The second-order valence-electron chi connectivity index (χ2n) is 7.06. The highest BCUT2D eigenvalue weighted by atomic mass is 35.5. The van der Waals surface area contributed by atoms with Crippen LogP contribution >= 0.6 is 11.6 Å². The van der Waals surface area contributed by atoms with Crippen molar-refractivity contribution < 1.29 is 17.6 Å². The molecule has 154 valence electrons. The van der Waals surface area contributed by atoms with Gasteiger partial charge >= 0.3 is 6.18 Å². The number of pyridine rings is 1. The van der Waals surface area contributed by atoms with Crippen LogP contribution in [0, 0.1) is 5.82 Å². The highest BCUT2D eigenvalue weighted by Gasteiger charge is 2.32. The molecule has 0 spiro atoms. The van der Waals surface area contributed by atoms with E-state index in [4.69, 9.17) is 11.6 Å². The minimum atomic E-state index is -4.53. The topological polar surface area (TPSA) is 32.6 Å². The SMILES string of the molecule is Fc1ccc(-c2nc3c(Cl)cc(C(F)(F)F)cn3c2CN2CCCNCC2)cc1. The highest BCUT2D eigenvalue weighted by Crippen LogP contribution is 2.35. The maximum Gasteiger partial charge on any atom is 0.417 e. The Morgan fingerprint density at radius 2 is 1.86 bits per heavy atom. The minimum Gasteiger partial charge on any atom is -0.315 e. The Kier molecular flexibility index (Phi) is 5.50. The van der Waals surface area contributed by atoms with Crippen molar-refractivity contribution in [1.82, 2.24) is 19.6 Å². The first kappa shape index (κ1) is 20.1. The van der Waals surface area contributed by atoms with E-state index in [9.17, 15) is 17.6 Å². The van der Waals surface area contributed by atoms with E-state index in [-0.39, 0.29) is 10.7 Å². The largest absolute Gasteiger partial charge is 0.417 e. The van der Waals surface area contributed by atoms with E-state index < -0.39 is 17.6 Å². The molecular weight excluding hydrogens is 408 g/mol. The predicted molar refractivity (Wildman–Crippen MR) is 103 cm³/mol. The van der Waals surface area contributed by atoms with Crippen molar-refractivity contribution in [3.8, 4) is 11.3 Å². The van der Waals surface area contributed by atoms with Crippen LogP contribution in [0.5, 0.6) is 0 Å². The molecule has 1 aliphatic heterocycles. The number of imidazole rings is 1. The van der Waals surface area contributed by atoms with E-state index in [0.717, 1.165) is 44.9 Å². The van der Waals surface area contributed by atoms with Gasteiger partial charge in [0.05, 0.1) is 22.0 Å². The number of aromatic nitrogens is 2. The molecule has 1 saturated heterocycles. The molecule has 0 atom stereocenters. The molecule has 3 heterocycles. The number of nitrogens with zero attached hydrogens (tertiary/aromatic N) is 3. The van der Waals surface area contributed by atoms with Crippen LogP contribution in [0.15, 0.2) is 36.5 Å². The van der Waals surface area contributed by atoms with Gasteiger partial charge in [0.2, 0.25) is 0 Å². The van der Waals surface area contributed by atoms with Gasteiger partial charge in [0.25, 0.3) is 0 Å². The van der Waals surface area contributed by atoms with Crippen molar-refractivity contribution in [2.75, 3.05) is 26.2 Å². The van der Waals surface area contributed by atoms with Crippen LogP contribution in [-0.4, -0.2) is 40.5 Å². The molecule has 3 aromatic rings. The number of halogens is 5. The van der Waals surface area contributed by atoms with Crippen molar-refractivity contribution in [2.45, 2.75) is 19.1 Å². The van der Waals surface area contributed by atoms with E-state index in [2.05, 4.69) is 15.2 Å². The summed E-state index contributed by atoms with van der Waals surface area (Å²) in [6.45, 7) is 3.70. The molecule has 0 bridgehead atoms. The molecule has 1 aromatic carbocycles. The third kappa shape index (κ3) is 4.24. The summed E-state index contributed by atoms with van der Waals surface area (Å²) >= 11 is 6.17. The second-order valence-corrected chi connectivity index (χ2v) is 7.47. The lowest BCUT2D eigenvalue weighted by molar-refractivity contribution is -0.137. The van der Waals surface area contributed by atoms with E-state index >= 15 is 0 Å². The van der Waals surface area contributed by atoms with Gasteiger partial charge in [0.15, 0.2) is 5.65 Å². The number of rotatable bonds is 3. The zero-order chi connectivity index (χ0) is 20.6. The molecule has 9 heteroatoms. The van der Waals surface area contributed by atoms with E-state index in [1.54, 1.807) is 12.1 Å². The zero-order valence-corrected chi connectivity index (χ0v) is 16.2. The Morgan fingerprint density at radius 1 is 1.10 bits per heavy atom. The smallest absolute Gasteiger partial charge is 0.315 e. The van der Waals surface area contributed by atoms with Crippen LogP contribution in [0.1, 0.15) is 17.7 Å². The molecular formula is C20H19ClF4N4. The summed E-state index contributed by atoms with van der Waals surface area (Å²) in [6.07, 6.45) is -2.55. The standard InChI is InChI=1S/C20H19ClF4N4/c21-16-10-14(20(23,24)25)11-29-17(12-28-8-1-6-26-7-9-28)18(27-19(16)29)13-2-4-15(22)5-3-13/h2-5,10-11,26H,1,6-9,12H2. The Morgan fingerprint density at radius 3 is 2.59 bits per heavy atom. The number of alkyl halides is 3. The van der Waals surface area contributed by atoms with E-state index in [0.29, 0.717) is 23.5 Å². The normalized spacial score (nSPS) is 16.3. The molecule has 29 heavy (non-hydrogen) atoms. The monoisotopic (exact) mass is 426 g/mol. The maximum atomic E-state index is 13.4. The summed E-state index contributed by atoms with van der Waals surface area (Å²) in [5.74, 6) is -0.393. The number of hydrogen-bond acceptors (Lipinski definition) is 3. The maximum absolute atomic E-state index is 13.4. The van der Waals surface area contributed by atoms with Gasteiger partial charge in [-0.15, -0.1) is 0 Å². The first-order valence-electron chi connectivity index (χ1n) is 9.29. The zero-order valence-electron chi connectivity index (χ0n) is 15.4. The molecule has 4 rings (SSSR count). The molecule has 1 aliphatic rings. The van der Waals surface area contributed by atoms with E-state index in [1.165, 1.54) is 16.5 Å². The van der Waals surface area contributed by atoms with Crippen molar-refractivity contribution in [1.29, 1.82) is 0 Å². The number of nitrogens with one attached hydrogen (secondary N) is 1. The Hall–Kier alpha value is -2.16. The molecule has 1 N–H and O–H groups in total. The summed E-state index contributed by atoms with van der Waals surface area (Å²) in [5, 5.41) is 3.23. The van der Waals surface area contributed by atoms with Crippen molar-refractivity contribution >= 4 is 17.2 Å². The van der Waals surface area contributed by atoms with Crippen LogP contribution in [0.2, 0.25) is 5.02 Å². The molecule has 0 unspecified atom stereocenters. The molecule has 2 aromatic heterocycles. The fraction of sp³-hybridized carbons (Fsp3) is 0.350. The lowest BCUT2D eigenvalue weighted by Crippen LogP contribution is -2.28. The second kappa shape index (κ2) is 7.93. The van der Waals surface area contributed by atoms with Gasteiger partial charge in [-0.3, -0.25) is 4.90 Å². The van der Waals surface area contributed by atoms with Crippen LogP contribution in [0.3, 0.4) is 0 Å². The molecule has 0 amide bonds. The van der Waals surface area contributed by atoms with Crippen molar-refractivity contribution in [2.24, 2.45) is 0 Å². The third-order valence-electron chi connectivity index (χ3n) is 5.03. The molecule has 4 nitrogen and oxygen atoms in total. The fourth-order valence-corrected chi connectivity index (χ4v) is 3.82. The van der Waals surface area contributed by atoms with Gasteiger partial charge in [0.1, 0.15) is 5.82 Å². The predicted octanol–water partition coefficient (Wildman–Crippen LogP) is 4.61. The van der Waals surface area contributed by atoms with Gasteiger partial charge < -0.3 is 9.72 Å². The summed E-state index contributed by atoms with van der Waals surface area (Å²) in [5.41, 5.74) is 1.14. The Labute approximate surface area is 170 Å². The molecule has 1 fully saturated rings. The summed E-state index contributed by atoms with van der Waals surface area (Å²) in [6, 6.07) is 6.65. The number of benzene rings is 1. The average molecular weight is 427 g/mol. The lowest BCUT2D eigenvalue weighted by atomic mass is 10.1. The van der Waals surface area contributed by atoms with Crippen molar-refractivity contribution in [3.63, 3.8) is 0 Å². The summed E-state index contributed by atoms with van der Waals surface area (Å²) < 4.78 is 54.9. The van der Waals surface area contributed by atoms with Crippen LogP contribution < -0.4 is 5.32 Å². The molecule has 0 saturated carbocycles. The third-order valence-corrected chi connectivity index (χ3v) is 5.30. The summed E-state index contributed by atoms with van der Waals surface area (Å²) in [4.78, 5) is 6.69. The first-order chi connectivity index (χ1) is 13.8. The summed E-state index contributed by atoms with van der Waals surface area (Å²) in [7, 11) is 0. The Balaban J connectivity index is 1.88. The highest BCUT2D eigenvalue weighted by molar-refractivity contribution is 6.33. The molecule has 0 aliphatic carbocycles. The van der Waals surface area contributed by atoms with Crippen LogP contribution in [0.25, 0.3) is 16.9 Å². The van der Waals surface area contributed by atoms with Crippen molar-refractivity contribution in [3.05, 3.63) is 58.6 Å². The van der Waals surface area contributed by atoms with Gasteiger partial charge in [-0.2, -0.15) is 13.2 Å². The first-order valence-corrected chi connectivity index (χ1v) is 9.67. The minimum absolute atomic E-state index is 0.0769. The van der Waals surface area contributed by atoms with Gasteiger partial charge in [-0.1, -0.05) is 11.6 Å². The quantitative estimate of drug-likeness (QED) is 0.621. The number of hydrogen-bond donors (Lipinski definition) is 1. The fourth-order valence-electron chi connectivity index (χ4n) is 3.57.